The molecule has 1 saturated heterocycles. The third-order valence-electron chi connectivity index (χ3n) is 4.26. The van der Waals surface area contributed by atoms with Crippen LogP contribution in [0, 0.1) is 0 Å². The maximum atomic E-state index is 12.9. The van der Waals surface area contributed by atoms with Crippen molar-refractivity contribution in [2.75, 3.05) is 20.1 Å². The monoisotopic (exact) mass is 360 g/mol. The molecular weight excluding hydrogens is 338 g/mol. The number of sulfonamides is 1. The standard InChI is InChI=1S/C13H22N4O2P2S/c1-15-8-10(9-15)16-7-6-13(14-16)22(18,19)17(20-11-2-3-11)21-12-4-5-12/h6-7,10-12,20-21H,2-5,8-9H2,1H3. The molecule has 0 N–H and O–H groups in total. The van der Waals surface area contributed by atoms with Gasteiger partial charge in [-0.1, -0.05) is 0 Å². The lowest BCUT2D eigenvalue weighted by atomic mass is 10.1. The highest BCUT2D eigenvalue weighted by Crippen LogP contribution is 2.54. The Bertz CT molecular complexity index is 637. The molecule has 0 spiro atoms. The predicted molar refractivity (Wildman–Crippen MR) is 90.5 cm³/mol. The minimum Gasteiger partial charge on any atom is -0.302 e. The summed E-state index contributed by atoms with van der Waals surface area (Å²) in [7, 11) is -0.517. The highest BCUT2D eigenvalue weighted by molar-refractivity contribution is 7.97. The highest BCUT2D eigenvalue weighted by atomic mass is 32.2. The third-order valence-corrected chi connectivity index (χ3v) is 10.7. The summed E-state index contributed by atoms with van der Waals surface area (Å²) in [4.78, 5) is 2.20. The van der Waals surface area contributed by atoms with Crippen LogP contribution in [0.2, 0.25) is 0 Å². The average Bonchev–Trinajstić information content (AvgIpc) is 3.36. The highest BCUT2D eigenvalue weighted by Gasteiger charge is 2.37. The average molecular weight is 360 g/mol. The molecule has 0 amide bonds. The Kier molecular flexibility index (Phi) is 4.07. The van der Waals surface area contributed by atoms with Gasteiger partial charge in [-0.3, -0.25) is 4.68 Å². The second-order valence-corrected chi connectivity index (χ2v) is 12.5. The summed E-state index contributed by atoms with van der Waals surface area (Å²) in [5, 5.41) is 4.62. The van der Waals surface area contributed by atoms with Crippen LogP contribution in [0.15, 0.2) is 17.3 Å². The molecule has 22 heavy (non-hydrogen) atoms. The minimum absolute atomic E-state index is 0.239. The van der Waals surface area contributed by atoms with E-state index in [4.69, 9.17) is 0 Å². The zero-order chi connectivity index (χ0) is 15.3. The molecule has 1 aliphatic heterocycles. The van der Waals surface area contributed by atoms with Crippen molar-refractivity contribution in [1.82, 2.24) is 18.5 Å². The second-order valence-electron chi connectivity index (χ2n) is 6.59. The van der Waals surface area contributed by atoms with Crippen LogP contribution in [-0.4, -0.2) is 58.4 Å². The maximum absolute atomic E-state index is 12.9. The van der Waals surface area contributed by atoms with E-state index in [-0.39, 0.29) is 5.03 Å². The normalized spacial score (nSPS) is 25.0. The quantitative estimate of drug-likeness (QED) is 0.697. The van der Waals surface area contributed by atoms with Crippen molar-refractivity contribution < 1.29 is 8.42 Å². The van der Waals surface area contributed by atoms with Gasteiger partial charge in [0.1, 0.15) is 0 Å². The lowest BCUT2D eigenvalue weighted by molar-refractivity contribution is 0.129. The van der Waals surface area contributed by atoms with Gasteiger partial charge in [0.15, 0.2) is 5.03 Å². The van der Waals surface area contributed by atoms with E-state index >= 15 is 0 Å². The number of rotatable bonds is 7. The summed E-state index contributed by atoms with van der Waals surface area (Å²) in [5.74, 6) is 0. The first-order valence-corrected chi connectivity index (χ1v) is 11.3. The number of likely N-dealkylation sites (tertiary alicyclic amines) is 1. The first kappa shape index (κ1) is 15.5. The fourth-order valence-corrected chi connectivity index (χ4v) is 8.61. The van der Waals surface area contributed by atoms with Crippen LogP contribution < -0.4 is 0 Å². The summed E-state index contributed by atoms with van der Waals surface area (Å²) in [6, 6.07) is 1.99. The predicted octanol–water partition coefficient (Wildman–Crippen LogP) is 1.87. The Morgan fingerprint density at radius 1 is 1.18 bits per heavy atom. The molecule has 2 atom stereocenters. The minimum atomic E-state index is -3.41. The van der Waals surface area contributed by atoms with E-state index in [1.165, 1.54) is 25.7 Å². The lowest BCUT2D eigenvalue weighted by Gasteiger charge is -2.36. The Balaban J connectivity index is 1.52. The molecular formula is C13H22N4O2P2S. The van der Waals surface area contributed by atoms with Gasteiger partial charge in [-0.15, -0.1) is 0 Å². The van der Waals surface area contributed by atoms with Gasteiger partial charge in [0.05, 0.1) is 6.04 Å². The van der Waals surface area contributed by atoms with E-state index in [2.05, 4.69) is 17.0 Å². The van der Waals surface area contributed by atoms with Gasteiger partial charge in [0.2, 0.25) is 0 Å². The van der Waals surface area contributed by atoms with Gasteiger partial charge in [0, 0.05) is 19.3 Å². The molecule has 2 unspecified atom stereocenters. The SMILES string of the molecule is CN1CC(n2ccc(S(=O)(=O)N(PC3CC3)PC3CC3)n2)C1. The van der Waals surface area contributed by atoms with Crippen LogP contribution >= 0.6 is 17.5 Å². The van der Waals surface area contributed by atoms with Crippen molar-refractivity contribution in [3.63, 3.8) is 0 Å². The van der Waals surface area contributed by atoms with E-state index < -0.39 is 10.0 Å². The Hall–Kier alpha value is -0.0600. The third kappa shape index (κ3) is 3.25. The fraction of sp³-hybridized carbons (Fsp3) is 0.769. The number of hydrogen-bond donors (Lipinski definition) is 0. The summed E-state index contributed by atoms with van der Waals surface area (Å²) in [5.41, 5.74) is 1.20. The summed E-state index contributed by atoms with van der Waals surface area (Å²) in [6.45, 7) is 1.89. The van der Waals surface area contributed by atoms with Crippen molar-refractivity contribution in [2.45, 2.75) is 48.1 Å². The summed E-state index contributed by atoms with van der Waals surface area (Å²) < 4.78 is 29.4. The second kappa shape index (κ2) is 5.78. The molecule has 9 heteroatoms. The number of hydrogen-bond acceptors (Lipinski definition) is 4. The van der Waals surface area contributed by atoms with Gasteiger partial charge in [0.25, 0.3) is 10.0 Å². The lowest BCUT2D eigenvalue weighted by Crippen LogP contribution is -2.45. The Labute approximate surface area is 135 Å². The van der Waals surface area contributed by atoms with Crippen LogP contribution in [0.1, 0.15) is 31.7 Å². The largest absolute Gasteiger partial charge is 0.302 e. The molecule has 122 valence electrons. The Morgan fingerprint density at radius 3 is 2.27 bits per heavy atom. The van der Waals surface area contributed by atoms with Crippen LogP contribution in [0.25, 0.3) is 0 Å². The molecule has 4 rings (SSSR count). The molecule has 6 nitrogen and oxygen atoms in total. The van der Waals surface area contributed by atoms with E-state index in [0.29, 0.717) is 34.8 Å². The molecule has 0 radical (unpaired) electrons. The topological polar surface area (TPSA) is 58.4 Å². The van der Waals surface area contributed by atoms with Gasteiger partial charge in [-0.2, -0.15) is 8.94 Å². The molecule has 1 aromatic rings. The van der Waals surface area contributed by atoms with Gasteiger partial charge in [-0.25, -0.2) is 8.42 Å². The molecule has 2 saturated carbocycles. The number of likely N-dealkylation sites (N-methyl/N-ethyl adjacent to an activating group) is 1. The maximum Gasteiger partial charge on any atom is 0.268 e. The number of nitrogens with zero attached hydrogens (tertiary/aromatic N) is 4. The smallest absolute Gasteiger partial charge is 0.268 e. The van der Waals surface area contributed by atoms with Gasteiger partial charge in [-0.05, 0) is 67.6 Å². The molecule has 0 aromatic carbocycles. The van der Waals surface area contributed by atoms with Crippen molar-refractivity contribution in [2.24, 2.45) is 0 Å². The van der Waals surface area contributed by atoms with E-state index in [0.717, 1.165) is 13.1 Å². The van der Waals surface area contributed by atoms with Gasteiger partial charge >= 0.3 is 0 Å². The molecule has 0 bridgehead atoms. The summed E-state index contributed by atoms with van der Waals surface area (Å²) >= 11 is 0. The molecule has 2 heterocycles. The van der Waals surface area contributed by atoms with E-state index in [1.807, 2.05) is 10.9 Å². The van der Waals surface area contributed by atoms with E-state index in [1.54, 1.807) is 9.91 Å². The van der Waals surface area contributed by atoms with Crippen molar-refractivity contribution in [1.29, 1.82) is 0 Å². The van der Waals surface area contributed by atoms with Crippen molar-refractivity contribution in [3.8, 4) is 0 Å². The van der Waals surface area contributed by atoms with E-state index in [9.17, 15) is 8.42 Å². The molecule has 1 aromatic heterocycles. The first-order valence-electron chi connectivity index (χ1n) is 7.84. The Morgan fingerprint density at radius 2 is 1.77 bits per heavy atom. The van der Waals surface area contributed by atoms with Gasteiger partial charge < -0.3 is 4.90 Å². The van der Waals surface area contributed by atoms with Crippen LogP contribution in [0.5, 0.6) is 0 Å². The number of aromatic nitrogens is 2. The zero-order valence-electron chi connectivity index (χ0n) is 12.6. The summed E-state index contributed by atoms with van der Waals surface area (Å²) in [6.07, 6.45) is 6.55. The van der Waals surface area contributed by atoms with Crippen LogP contribution in [0.4, 0.5) is 0 Å². The van der Waals surface area contributed by atoms with Crippen molar-refractivity contribution >= 4 is 27.5 Å². The molecule has 2 aliphatic carbocycles. The molecule has 3 fully saturated rings. The molecule has 3 aliphatic rings. The van der Waals surface area contributed by atoms with Crippen LogP contribution in [-0.2, 0) is 10.0 Å². The first-order chi connectivity index (χ1) is 10.5. The zero-order valence-corrected chi connectivity index (χ0v) is 15.5. The van der Waals surface area contributed by atoms with Crippen molar-refractivity contribution in [3.05, 3.63) is 12.3 Å². The van der Waals surface area contributed by atoms with Crippen LogP contribution in [0.3, 0.4) is 0 Å². The fourth-order valence-electron chi connectivity index (χ4n) is 2.52.